The van der Waals surface area contributed by atoms with Gasteiger partial charge in [0.2, 0.25) is 0 Å². The summed E-state index contributed by atoms with van der Waals surface area (Å²) in [5.74, 6) is -0.813. The average Bonchev–Trinajstić information content (AvgIpc) is 3.23. The van der Waals surface area contributed by atoms with Gasteiger partial charge in [-0.05, 0) is 111 Å². The molecule has 3 aromatic carbocycles. The lowest BCUT2D eigenvalue weighted by atomic mass is 10.0. The Morgan fingerprint density at radius 2 is 1.55 bits per heavy atom. The SMILES string of the molecule is Cc1cc(Cl)cc(C)c1OCCCCOc1ccc(C=Cc2ccc(F)c3c(CCCC(=O)O)c(C)n(CC(=O)O)c23)cc1. The standard InChI is InChI=1S/C35H37ClFNO6/c1-22-19-27(36)20-23(2)35(22)44-18-5-4-17-43-28-14-10-25(11-15-28)9-12-26-13-16-30(37)33-29(7-6-8-31(39)40)24(3)38(34(26)33)21-32(41)42/h9-16,19-20H,4-8,17-18,21H2,1-3H3,(H,39,40)(H,41,42). The zero-order chi connectivity index (χ0) is 31.8. The summed E-state index contributed by atoms with van der Waals surface area (Å²) in [5, 5.41) is 19.6. The van der Waals surface area contributed by atoms with E-state index >= 15 is 4.39 Å². The number of aryl methyl sites for hydroxylation is 3. The van der Waals surface area contributed by atoms with E-state index in [4.69, 9.17) is 26.2 Å². The Bertz CT molecular complexity index is 1650. The summed E-state index contributed by atoms with van der Waals surface area (Å²) in [6.45, 7) is 6.53. The number of benzene rings is 3. The summed E-state index contributed by atoms with van der Waals surface area (Å²) < 4.78 is 28.6. The monoisotopic (exact) mass is 621 g/mol. The topological polar surface area (TPSA) is 98.0 Å². The molecule has 1 heterocycles. The second kappa shape index (κ2) is 14.9. The molecule has 7 nitrogen and oxygen atoms in total. The molecule has 0 radical (unpaired) electrons. The van der Waals surface area contributed by atoms with Crippen molar-refractivity contribution in [1.82, 2.24) is 4.57 Å². The zero-order valence-electron chi connectivity index (χ0n) is 25.2. The van der Waals surface area contributed by atoms with Crippen molar-refractivity contribution >= 4 is 46.6 Å². The lowest BCUT2D eigenvalue weighted by Crippen LogP contribution is -2.10. The highest BCUT2D eigenvalue weighted by molar-refractivity contribution is 6.30. The van der Waals surface area contributed by atoms with E-state index in [1.54, 1.807) is 17.6 Å². The second-order valence-electron chi connectivity index (χ2n) is 10.8. The number of unbranched alkanes of at least 4 members (excludes halogenated alkanes) is 1. The van der Waals surface area contributed by atoms with Crippen LogP contribution in [0.3, 0.4) is 0 Å². The smallest absolute Gasteiger partial charge is 0.323 e. The van der Waals surface area contributed by atoms with Crippen molar-refractivity contribution in [2.24, 2.45) is 0 Å². The van der Waals surface area contributed by atoms with Crippen LogP contribution >= 0.6 is 11.6 Å². The minimum absolute atomic E-state index is 0.0514. The molecule has 4 aromatic rings. The molecule has 9 heteroatoms. The van der Waals surface area contributed by atoms with Gasteiger partial charge in [-0.15, -0.1) is 0 Å². The highest BCUT2D eigenvalue weighted by Crippen LogP contribution is 2.33. The molecule has 0 aliphatic heterocycles. The van der Waals surface area contributed by atoms with Crippen molar-refractivity contribution in [3.63, 3.8) is 0 Å². The molecule has 0 fully saturated rings. The summed E-state index contributed by atoms with van der Waals surface area (Å²) in [5.41, 5.74) is 5.34. The lowest BCUT2D eigenvalue weighted by Gasteiger charge is -2.13. The molecule has 0 amide bonds. The van der Waals surface area contributed by atoms with Crippen LogP contribution in [0.25, 0.3) is 23.1 Å². The third kappa shape index (κ3) is 8.20. The number of hydrogen-bond acceptors (Lipinski definition) is 4. The Hall–Kier alpha value is -4.30. The van der Waals surface area contributed by atoms with E-state index in [1.165, 1.54) is 6.07 Å². The van der Waals surface area contributed by atoms with Crippen LogP contribution in [0, 0.1) is 26.6 Å². The molecule has 4 rings (SSSR count). The number of carbonyl (C=O) groups is 2. The number of halogens is 2. The largest absolute Gasteiger partial charge is 0.494 e. The van der Waals surface area contributed by atoms with Gasteiger partial charge in [-0.25, -0.2) is 4.39 Å². The lowest BCUT2D eigenvalue weighted by molar-refractivity contribution is -0.138. The van der Waals surface area contributed by atoms with Crippen molar-refractivity contribution in [2.45, 2.75) is 59.4 Å². The fraction of sp³-hybridized carbons (Fsp3) is 0.314. The summed E-state index contributed by atoms with van der Waals surface area (Å²) in [6, 6.07) is 14.4. The van der Waals surface area contributed by atoms with Crippen molar-refractivity contribution in [3.8, 4) is 11.5 Å². The van der Waals surface area contributed by atoms with Crippen LogP contribution in [-0.2, 0) is 22.6 Å². The molecule has 0 bridgehead atoms. The van der Waals surface area contributed by atoms with Gasteiger partial charge in [0.1, 0.15) is 23.9 Å². The average molecular weight is 622 g/mol. The van der Waals surface area contributed by atoms with Gasteiger partial charge in [-0.3, -0.25) is 9.59 Å². The summed E-state index contributed by atoms with van der Waals surface area (Å²) in [4.78, 5) is 22.7. The molecule has 0 spiro atoms. The molecule has 0 aliphatic rings. The molecule has 0 atom stereocenters. The molecule has 44 heavy (non-hydrogen) atoms. The van der Waals surface area contributed by atoms with Gasteiger partial charge in [0.25, 0.3) is 0 Å². The number of carboxylic acids is 2. The first kappa shape index (κ1) is 32.6. The van der Waals surface area contributed by atoms with E-state index in [1.807, 2.05) is 62.4 Å². The second-order valence-corrected chi connectivity index (χ2v) is 11.3. The van der Waals surface area contributed by atoms with Gasteiger partial charge >= 0.3 is 11.9 Å². The molecule has 0 unspecified atom stereocenters. The minimum atomic E-state index is -1.05. The normalized spacial score (nSPS) is 11.4. The Morgan fingerprint density at radius 1 is 0.886 bits per heavy atom. The van der Waals surface area contributed by atoms with E-state index < -0.39 is 17.8 Å². The van der Waals surface area contributed by atoms with Gasteiger partial charge in [0.15, 0.2) is 0 Å². The molecule has 232 valence electrons. The Kier molecular flexibility index (Phi) is 11.1. The minimum Gasteiger partial charge on any atom is -0.494 e. The van der Waals surface area contributed by atoms with Crippen LogP contribution < -0.4 is 9.47 Å². The number of hydrogen-bond donors (Lipinski definition) is 2. The Balaban J connectivity index is 1.40. The maximum Gasteiger partial charge on any atom is 0.323 e. The van der Waals surface area contributed by atoms with Gasteiger partial charge in [-0.2, -0.15) is 0 Å². The first-order valence-corrected chi connectivity index (χ1v) is 15.0. The quantitative estimate of drug-likeness (QED) is 0.102. The van der Waals surface area contributed by atoms with Crippen LogP contribution in [0.15, 0.2) is 48.5 Å². The maximum absolute atomic E-state index is 15.1. The number of ether oxygens (including phenoxy) is 2. The van der Waals surface area contributed by atoms with Crippen molar-refractivity contribution in [2.75, 3.05) is 13.2 Å². The molecular weight excluding hydrogens is 585 g/mol. The van der Waals surface area contributed by atoms with Gasteiger partial charge in [-0.1, -0.05) is 35.9 Å². The van der Waals surface area contributed by atoms with Crippen LogP contribution in [0.1, 0.15) is 59.2 Å². The maximum atomic E-state index is 15.1. The third-order valence-electron chi connectivity index (χ3n) is 7.50. The molecule has 1 aromatic heterocycles. The van der Waals surface area contributed by atoms with E-state index in [-0.39, 0.29) is 13.0 Å². The number of aliphatic carboxylic acids is 2. The Labute approximate surface area is 261 Å². The molecule has 0 aliphatic carbocycles. The number of fused-ring (bicyclic) bond motifs is 1. The van der Waals surface area contributed by atoms with Gasteiger partial charge in [0.05, 0.1) is 18.7 Å². The third-order valence-corrected chi connectivity index (χ3v) is 7.71. The predicted octanol–water partition coefficient (Wildman–Crippen LogP) is 8.26. The predicted molar refractivity (Wildman–Crippen MR) is 171 cm³/mol. The molecule has 2 N–H and O–H groups in total. The summed E-state index contributed by atoms with van der Waals surface area (Å²) in [7, 11) is 0. The first-order chi connectivity index (χ1) is 21.0. The fourth-order valence-electron chi connectivity index (χ4n) is 5.42. The van der Waals surface area contributed by atoms with Crippen molar-refractivity contribution in [1.29, 1.82) is 0 Å². The summed E-state index contributed by atoms with van der Waals surface area (Å²) in [6.07, 6.45) is 6.01. The van der Waals surface area contributed by atoms with E-state index in [0.717, 1.165) is 41.0 Å². The van der Waals surface area contributed by atoms with E-state index in [2.05, 4.69) is 0 Å². The van der Waals surface area contributed by atoms with Crippen molar-refractivity contribution in [3.05, 3.63) is 92.9 Å². The van der Waals surface area contributed by atoms with Crippen LogP contribution in [0.4, 0.5) is 4.39 Å². The molecule has 0 saturated heterocycles. The highest BCUT2D eigenvalue weighted by Gasteiger charge is 2.21. The fourth-order valence-corrected chi connectivity index (χ4v) is 5.74. The van der Waals surface area contributed by atoms with E-state index in [9.17, 15) is 14.7 Å². The number of aromatic nitrogens is 1. The summed E-state index contributed by atoms with van der Waals surface area (Å²) >= 11 is 6.09. The van der Waals surface area contributed by atoms with Gasteiger partial charge < -0.3 is 24.3 Å². The molecular formula is C35H37ClFNO6. The Morgan fingerprint density at radius 3 is 2.18 bits per heavy atom. The van der Waals surface area contributed by atoms with Crippen LogP contribution in [0.5, 0.6) is 11.5 Å². The van der Waals surface area contributed by atoms with Crippen molar-refractivity contribution < 1.29 is 33.7 Å². The number of carboxylic acid groups (broad SMARTS) is 2. The highest BCUT2D eigenvalue weighted by atomic mass is 35.5. The number of rotatable bonds is 15. The van der Waals surface area contributed by atoms with Crippen LogP contribution in [-0.4, -0.2) is 39.9 Å². The zero-order valence-corrected chi connectivity index (χ0v) is 25.9. The molecule has 0 saturated carbocycles. The van der Waals surface area contributed by atoms with E-state index in [0.29, 0.717) is 58.8 Å². The number of nitrogens with zero attached hydrogens (tertiary/aromatic N) is 1. The van der Waals surface area contributed by atoms with Gasteiger partial charge in [0, 0.05) is 22.5 Å². The van der Waals surface area contributed by atoms with Crippen LogP contribution in [0.2, 0.25) is 5.02 Å². The first-order valence-electron chi connectivity index (χ1n) is 14.6.